The molecule has 0 saturated heterocycles. The van der Waals surface area contributed by atoms with Crippen molar-refractivity contribution >= 4 is 29.1 Å². The molecule has 0 spiro atoms. The first-order valence-electron chi connectivity index (χ1n) is 6.18. The van der Waals surface area contributed by atoms with E-state index in [9.17, 15) is 4.79 Å². The molecule has 0 aromatic heterocycles. The average Bonchev–Trinajstić information content (AvgIpc) is 2.45. The van der Waals surface area contributed by atoms with Crippen molar-refractivity contribution in [1.82, 2.24) is 4.90 Å². The van der Waals surface area contributed by atoms with Gasteiger partial charge in [-0.15, -0.1) is 0 Å². The monoisotopic (exact) mass is 325 g/mol. The van der Waals surface area contributed by atoms with E-state index in [2.05, 4.69) is 0 Å². The molecule has 21 heavy (non-hydrogen) atoms. The van der Waals surface area contributed by atoms with E-state index in [1.54, 1.807) is 18.2 Å². The molecule has 7 heteroatoms. The molecule has 110 valence electrons. The Balaban J connectivity index is 2.38. The molecule has 0 saturated carbocycles. The first-order chi connectivity index (χ1) is 10.1. The van der Waals surface area contributed by atoms with Crippen LogP contribution in [0.1, 0.15) is 12.8 Å². The molecule has 0 aliphatic rings. The van der Waals surface area contributed by atoms with Gasteiger partial charge in [0.05, 0.1) is 23.8 Å². The summed E-state index contributed by atoms with van der Waals surface area (Å²) in [6, 6.07) is 8.60. The Bertz CT molecular complexity index is 563. The van der Waals surface area contributed by atoms with Crippen LogP contribution in [0.2, 0.25) is 10.0 Å². The fourth-order valence-electron chi connectivity index (χ4n) is 1.56. The molecular formula is C14H13Cl2N3O2. The van der Waals surface area contributed by atoms with Crippen molar-refractivity contribution in [2.75, 3.05) is 19.7 Å². The summed E-state index contributed by atoms with van der Waals surface area (Å²) in [4.78, 5) is 13.0. The van der Waals surface area contributed by atoms with Crippen LogP contribution >= 0.6 is 23.2 Å². The molecule has 0 heterocycles. The third-order valence-electron chi connectivity index (χ3n) is 2.56. The highest BCUT2D eigenvalue weighted by Crippen LogP contribution is 2.27. The summed E-state index contributed by atoms with van der Waals surface area (Å²) in [6.07, 6.45) is 0.666. The Morgan fingerprint density at radius 1 is 1.24 bits per heavy atom. The predicted molar refractivity (Wildman–Crippen MR) is 79.0 cm³/mol. The number of rotatable bonds is 7. The van der Waals surface area contributed by atoms with Gasteiger partial charge in [0.1, 0.15) is 18.8 Å². The Hall–Kier alpha value is -1.95. The topological polar surface area (TPSA) is 77.1 Å². The van der Waals surface area contributed by atoms with E-state index in [-0.39, 0.29) is 25.4 Å². The zero-order chi connectivity index (χ0) is 15.7. The molecule has 0 fully saturated rings. The molecular weight excluding hydrogens is 313 g/mol. The van der Waals surface area contributed by atoms with Crippen molar-refractivity contribution in [3.05, 3.63) is 28.2 Å². The number of carbonyl (C=O) groups is 1. The lowest BCUT2D eigenvalue weighted by Crippen LogP contribution is -2.31. The molecule has 1 rings (SSSR count). The van der Waals surface area contributed by atoms with E-state index in [1.807, 2.05) is 12.1 Å². The minimum Gasteiger partial charge on any atom is -0.492 e. The molecule has 0 bridgehead atoms. The van der Waals surface area contributed by atoms with E-state index in [1.165, 1.54) is 4.90 Å². The van der Waals surface area contributed by atoms with E-state index >= 15 is 0 Å². The summed E-state index contributed by atoms with van der Waals surface area (Å²) in [5, 5.41) is 18.1. The van der Waals surface area contributed by atoms with Gasteiger partial charge in [0.15, 0.2) is 0 Å². The summed E-state index contributed by atoms with van der Waals surface area (Å²) in [6.45, 7) is 0.132. The maximum atomic E-state index is 11.8. The van der Waals surface area contributed by atoms with Crippen LogP contribution in [0.15, 0.2) is 18.2 Å². The summed E-state index contributed by atoms with van der Waals surface area (Å²) in [5.74, 6) is 0.253. The third kappa shape index (κ3) is 5.91. The van der Waals surface area contributed by atoms with Crippen molar-refractivity contribution in [3.63, 3.8) is 0 Å². The minimum absolute atomic E-state index is 0.0870. The van der Waals surface area contributed by atoms with Crippen LogP contribution in [0.4, 0.5) is 0 Å². The SMILES string of the molecule is N#CCN(CC#N)C(=O)CCCOc1ccc(Cl)cc1Cl. The van der Waals surface area contributed by atoms with Crippen molar-refractivity contribution in [2.24, 2.45) is 0 Å². The van der Waals surface area contributed by atoms with Gasteiger partial charge in [-0.1, -0.05) is 23.2 Å². The van der Waals surface area contributed by atoms with E-state index in [4.69, 9.17) is 38.5 Å². The molecule has 0 radical (unpaired) electrons. The second-order valence-electron chi connectivity index (χ2n) is 4.09. The predicted octanol–water partition coefficient (Wildman–Crippen LogP) is 3.03. The Morgan fingerprint density at radius 3 is 2.48 bits per heavy atom. The lowest BCUT2D eigenvalue weighted by molar-refractivity contribution is -0.130. The second kappa shape index (κ2) is 9.07. The van der Waals surface area contributed by atoms with Gasteiger partial charge in [-0.3, -0.25) is 4.79 Å². The van der Waals surface area contributed by atoms with E-state index in [0.29, 0.717) is 28.8 Å². The van der Waals surface area contributed by atoms with Gasteiger partial charge in [0.25, 0.3) is 0 Å². The van der Waals surface area contributed by atoms with Crippen LogP contribution in [0, 0.1) is 22.7 Å². The maximum absolute atomic E-state index is 11.8. The number of hydrogen-bond acceptors (Lipinski definition) is 4. The Kier molecular flexibility index (Phi) is 7.39. The Labute approximate surface area is 133 Å². The Morgan fingerprint density at radius 2 is 1.90 bits per heavy atom. The standard InChI is InChI=1S/C14H13Cl2N3O2/c15-11-3-4-13(12(16)10-11)21-9-1-2-14(20)19(7-5-17)8-6-18/h3-4,10H,1-2,7-9H2. The molecule has 0 unspecified atom stereocenters. The number of nitrogens with zero attached hydrogens (tertiary/aromatic N) is 3. The zero-order valence-electron chi connectivity index (χ0n) is 11.2. The summed E-state index contributed by atoms with van der Waals surface area (Å²) in [5.41, 5.74) is 0. The van der Waals surface area contributed by atoms with Crippen molar-refractivity contribution in [1.29, 1.82) is 10.5 Å². The fraction of sp³-hybridized carbons (Fsp3) is 0.357. The van der Waals surface area contributed by atoms with Gasteiger partial charge >= 0.3 is 0 Å². The number of benzene rings is 1. The van der Waals surface area contributed by atoms with E-state index in [0.717, 1.165) is 0 Å². The normalized spacial score (nSPS) is 9.52. The van der Waals surface area contributed by atoms with Gasteiger partial charge in [-0.25, -0.2) is 0 Å². The van der Waals surface area contributed by atoms with Crippen LogP contribution in [-0.4, -0.2) is 30.5 Å². The third-order valence-corrected chi connectivity index (χ3v) is 3.09. The first kappa shape index (κ1) is 17.1. The number of carbonyl (C=O) groups excluding carboxylic acids is 1. The average molecular weight is 326 g/mol. The van der Waals surface area contributed by atoms with Crippen LogP contribution in [0.3, 0.4) is 0 Å². The summed E-state index contributed by atoms with van der Waals surface area (Å²) in [7, 11) is 0. The van der Waals surface area contributed by atoms with Crippen LogP contribution in [-0.2, 0) is 4.79 Å². The van der Waals surface area contributed by atoms with Crippen LogP contribution < -0.4 is 4.74 Å². The molecule has 1 aromatic rings. The lowest BCUT2D eigenvalue weighted by atomic mass is 10.3. The molecule has 0 aliphatic heterocycles. The number of amides is 1. The minimum atomic E-state index is -0.246. The summed E-state index contributed by atoms with van der Waals surface area (Å²) >= 11 is 11.7. The molecule has 0 atom stereocenters. The van der Waals surface area contributed by atoms with Crippen molar-refractivity contribution in [3.8, 4) is 17.9 Å². The number of nitriles is 2. The lowest BCUT2D eigenvalue weighted by Gasteiger charge is -2.15. The summed E-state index contributed by atoms with van der Waals surface area (Å²) < 4.78 is 5.45. The van der Waals surface area contributed by atoms with Crippen molar-refractivity contribution < 1.29 is 9.53 Å². The second-order valence-corrected chi connectivity index (χ2v) is 4.94. The van der Waals surface area contributed by atoms with Gasteiger partial charge in [-0.2, -0.15) is 10.5 Å². The maximum Gasteiger partial charge on any atom is 0.224 e. The molecule has 0 N–H and O–H groups in total. The highest BCUT2D eigenvalue weighted by Gasteiger charge is 2.12. The number of halogens is 2. The molecule has 0 aliphatic carbocycles. The van der Waals surface area contributed by atoms with Gasteiger partial charge in [0.2, 0.25) is 5.91 Å². The first-order valence-corrected chi connectivity index (χ1v) is 6.93. The zero-order valence-corrected chi connectivity index (χ0v) is 12.7. The molecule has 5 nitrogen and oxygen atoms in total. The van der Waals surface area contributed by atoms with Gasteiger partial charge in [0, 0.05) is 11.4 Å². The van der Waals surface area contributed by atoms with Gasteiger partial charge in [-0.05, 0) is 24.6 Å². The quantitative estimate of drug-likeness (QED) is 0.570. The smallest absolute Gasteiger partial charge is 0.224 e. The number of hydrogen-bond donors (Lipinski definition) is 0. The van der Waals surface area contributed by atoms with Crippen LogP contribution in [0.25, 0.3) is 0 Å². The van der Waals surface area contributed by atoms with Crippen LogP contribution in [0.5, 0.6) is 5.75 Å². The number of ether oxygens (including phenoxy) is 1. The highest BCUT2D eigenvalue weighted by atomic mass is 35.5. The largest absolute Gasteiger partial charge is 0.492 e. The fourth-order valence-corrected chi connectivity index (χ4v) is 2.02. The van der Waals surface area contributed by atoms with Gasteiger partial charge < -0.3 is 9.64 Å². The highest BCUT2D eigenvalue weighted by molar-refractivity contribution is 6.35. The van der Waals surface area contributed by atoms with Crippen molar-refractivity contribution in [2.45, 2.75) is 12.8 Å². The molecule has 1 aromatic carbocycles. The molecule has 1 amide bonds. The van der Waals surface area contributed by atoms with E-state index < -0.39 is 0 Å².